The number of benzene rings is 1. The van der Waals surface area contributed by atoms with E-state index in [1.807, 2.05) is 13.8 Å². The lowest BCUT2D eigenvalue weighted by atomic mass is 10.2. The highest BCUT2D eigenvalue weighted by molar-refractivity contribution is 9.11. The topological polar surface area (TPSA) is 49.3 Å². The molecular weight excluding hydrogens is 326 g/mol. The number of phenolic OH excluding ortho intramolecular Hbond substituents is 1. The molecule has 0 bridgehead atoms. The van der Waals surface area contributed by atoms with Crippen LogP contribution in [0.3, 0.4) is 0 Å². The maximum Gasteiger partial charge on any atom is 0.255 e. The Morgan fingerprint density at radius 1 is 1.40 bits per heavy atom. The SMILES string of the molecule is CC(C)NC(=O)c1cc(Br)cc(Br)c1O. The van der Waals surface area contributed by atoms with Gasteiger partial charge in [-0.05, 0) is 41.9 Å². The van der Waals surface area contributed by atoms with Gasteiger partial charge >= 0.3 is 0 Å². The number of carbonyl (C=O) groups excluding carboxylic acids is 1. The minimum absolute atomic E-state index is 0.0367. The number of hydrogen-bond donors (Lipinski definition) is 2. The molecule has 1 rings (SSSR count). The first-order valence-electron chi connectivity index (χ1n) is 4.40. The standard InChI is InChI=1S/C10H11Br2NO2/c1-5(2)13-10(15)7-3-6(11)4-8(12)9(7)14/h3-5,14H,1-2H3,(H,13,15). The van der Waals surface area contributed by atoms with Gasteiger partial charge in [0.1, 0.15) is 5.75 Å². The van der Waals surface area contributed by atoms with Crippen LogP contribution in [0.25, 0.3) is 0 Å². The summed E-state index contributed by atoms with van der Waals surface area (Å²) in [6.45, 7) is 3.73. The van der Waals surface area contributed by atoms with Crippen molar-refractivity contribution >= 4 is 37.8 Å². The average molecular weight is 337 g/mol. The van der Waals surface area contributed by atoms with Crippen molar-refractivity contribution in [3.63, 3.8) is 0 Å². The number of halogens is 2. The minimum Gasteiger partial charge on any atom is -0.506 e. The molecule has 15 heavy (non-hydrogen) atoms. The van der Waals surface area contributed by atoms with Crippen LogP contribution in [0, 0.1) is 0 Å². The van der Waals surface area contributed by atoms with Gasteiger partial charge in [-0.25, -0.2) is 0 Å². The van der Waals surface area contributed by atoms with E-state index in [9.17, 15) is 9.90 Å². The van der Waals surface area contributed by atoms with Crippen LogP contribution in [0.15, 0.2) is 21.1 Å². The van der Waals surface area contributed by atoms with Crippen LogP contribution < -0.4 is 5.32 Å². The van der Waals surface area contributed by atoms with Gasteiger partial charge < -0.3 is 10.4 Å². The third-order valence-corrected chi connectivity index (χ3v) is 2.75. The van der Waals surface area contributed by atoms with Gasteiger partial charge in [0.05, 0.1) is 10.0 Å². The molecule has 5 heteroatoms. The van der Waals surface area contributed by atoms with Gasteiger partial charge in [0, 0.05) is 10.5 Å². The van der Waals surface area contributed by atoms with Crippen LogP contribution in [-0.4, -0.2) is 17.1 Å². The molecule has 0 heterocycles. The molecular formula is C10H11Br2NO2. The highest BCUT2D eigenvalue weighted by Crippen LogP contribution is 2.31. The highest BCUT2D eigenvalue weighted by Gasteiger charge is 2.15. The van der Waals surface area contributed by atoms with Gasteiger partial charge in [-0.15, -0.1) is 0 Å². The molecule has 0 fully saturated rings. The van der Waals surface area contributed by atoms with Crippen molar-refractivity contribution in [2.45, 2.75) is 19.9 Å². The van der Waals surface area contributed by atoms with E-state index >= 15 is 0 Å². The summed E-state index contributed by atoms with van der Waals surface area (Å²) in [6.07, 6.45) is 0. The molecule has 1 amide bonds. The smallest absolute Gasteiger partial charge is 0.255 e. The summed E-state index contributed by atoms with van der Waals surface area (Å²) in [5.74, 6) is -0.333. The first-order valence-corrected chi connectivity index (χ1v) is 5.99. The Hall–Kier alpha value is -0.550. The Bertz CT molecular complexity index is 391. The van der Waals surface area contributed by atoms with E-state index in [-0.39, 0.29) is 23.3 Å². The second kappa shape index (κ2) is 4.99. The normalized spacial score (nSPS) is 10.5. The molecule has 0 aromatic heterocycles. The number of amides is 1. The van der Waals surface area contributed by atoms with Gasteiger partial charge in [0.25, 0.3) is 5.91 Å². The lowest BCUT2D eigenvalue weighted by molar-refractivity contribution is 0.0940. The largest absolute Gasteiger partial charge is 0.506 e. The molecule has 0 radical (unpaired) electrons. The third kappa shape index (κ3) is 3.21. The Morgan fingerprint density at radius 3 is 2.53 bits per heavy atom. The summed E-state index contributed by atoms with van der Waals surface area (Å²) < 4.78 is 1.23. The molecule has 0 unspecified atom stereocenters. The highest BCUT2D eigenvalue weighted by atomic mass is 79.9. The molecule has 0 aliphatic rings. The summed E-state index contributed by atoms with van der Waals surface area (Å²) in [6, 6.07) is 3.30. The van der Waals surface area contributed by atoms with Crippen molar-refractivity contribution in [3.8, 4) is 5.75 Å². The van der Waals surface area contributed by atoms with Gasteiger partial charge in [-0.3, -0.25) is 4.79 Å². The van der Waals surface area contributed by atoms with Crippen molar-refractivity contribution < 1.29 is 9.90 Å². The Balaban J connectivity index is 3.08. The summed E-state index contributed by atoms with van der Waals surface area (Å²) in [7, 11) is 0. The van der Waals surface area contributed by atoms with Gasteiger partial charge in [-0.1, -0.05) is 15.9 Å². The maximum atomic E-state index is 11.7. The van der Waals surface area contributed by atoms with E-state index in [4.69, 9.17) is 0 Å². The zero-order valence-corrected chi connectivity index (χ0v) is 11.5. The zero-order chi connectivity index (χ0) is 11.6. The lowest BCUT2D eigenvalue weighted by Gasteiger charge is -2.10. The Morgan fingerprint density at radius 2 is 2.00 bits per heavy atom. The van der Waals surface area contributed by atoms with E-state index in [2.05, 4.69) is 37.2 Å². The van der Waals surface area contributed by atoms with E-state index in [0.29, 0.717) is 4.47 Å². The zero-order valence-electron chi connectivity index (χ0n) is 8.34. The van der Waals surface area contributed by atoms with E-state index in [1.165, 1.54) is 0 Å². The van der Waals surface area contributed by atoms with E-state index in [0.717, 1.165) is 4.47 Å². The quantitative estimate of drug-likeness (QED) is 0.872. The number of carbonyl (C=O) groups is 1. The molecule has 0 atom stereocenters. The first kappa shape index (κ1) is 12.5. The molecule has 0 saturated heterocycles. The first-order chi connectivity index (χ1) is 6.91. The third-order valence-electron chi connectivity index (χ3n) is 1.69. The minimum atomic E-state index is -0.287. The monoisotopic (exact) mass is 335 g/mol. The van der Waals surface area contributed by atoms with Crippen molar-refractivity contribution in [1.82, 2.24) is 5.32 Å². The van der Waals surface area contributed by atoms with E-state index in [1.54, 1.807) is 12.1 Å². The second-order valence-electron chi connectivity index (χ2n) is 3.41. The van der Waals surface area contributed by atoms with Crippen LogP contribution in [-0.2, 0) is 0 Å². The number of nitrogens with one attached hydrogen (secondary N) is 1. The maximum absolute atomic E-state index is 11.7. The van der Waals surface area contributed by atoms with Gasteiger partial charge in [0.2, 0.25) is 0 Å². The summed E-state index contributed by atoms with van der Waals surface area (Å²) >= 11 is 6.43. The average Bonchev–Trinajstić information content (AvgIpc) is 2.09. The molecule has 0 aliphatic carbocycles. The molecule has 3 nitrogen and oxygen atoms in total. The van der Waals surface area contributed by atoms with Crippen LogP contribution in [0.5, 0.6) is 5.75 Å². The number of aromatic hydroxyl groups is 1. The Kier molecular flexibility index (Phi) is 4.16. The van der Waals surface area contributed by atoms with Gasteiger partial charge in [0.15, 0.2) is 0 Å². The molecule has 0 saturated carbocycles. The predicted octanol–water partition coefficient (Wildman–Crippen LogP) is 3.06. The van der Waals surface area contributed by atoms with Crippen LogP contribution >= 0.6 is 31.9 Å². The fraction of sp³-hybridized carbons (Fsp3) is 0.300. The molecule has 82 valence electrons. The van der Waals surface area contributed by atoms with Crippen molar-refractivity contribution in [1.29, 1.82) is 0 Å². The van der Waals surface area contributed by atoms with Crippen molar-refractivity contribution in [2.24, 2.45) is 0 Å². The van der Waals surface area contributed by atoms with Crippen molar-refractivity contribution in [3.05, 3.63) is 26.6 Å². The molecule has 2 N–H and O–H groups in total. The molecule has 1 aromatic rings. The van der Waals surface area contributed by atoms with Crippen LogP contribution in [0.4, 0.5) is 0 Å². The predicted molar refractivity (Wildman–Crippen MR) is 66.1 cm³/mol. The van der Waals surface area contributed by atoms with Crippen LogP contribution in [0.1, 0.15) is 24.2 Å². The Labute approximate surface area is 105 Å². The fourth-order valence-corrected chi connectivity index (χ4v) is 2.30. The lowest BCUT2D eigenvalue weighted by Crippen LogP contribution is -2.30. The molecule has 1 aromatic carbocycles. The summed E-state index contributed by atoms with van der Waals surface area (Å²) in [4.78, 5) is 11.7. The summed E-state index contributed by atoms with van der Waals surface area (Å²) in [5, 5.41) is 12.4. The van der Waals surface area contributed by atoms with Crippen LogP contribution in [0.2, 0.25) is 0 Å². The number of rotatable bonds is 2. The van der Waals surface area contributed by atoms with Gasteiger partial charge in [-0.2, -0.15) is 0 Å². The summed E-state index contributed by atoms with van der Waals surface area (Å²) in [5.41, 5.74) is 0.255. The fourth-order valence-electron chi connectivity index (χ4n) is 1.08. The number of hydrogen-bond acceptors (Lipinski definition) is 2. The van der Waals surface area contributed by atoms with E-state index < -0.39 is 0 Å². The molecule has 0 aliphatic heterocycles. The van der Waals surface area contributed by atoms with Crippen molar-refractivity contribution in [2.75, 3.05) is 0 Å². The second-order valence-corrected chi connectivity index (χ2v) is 5.18. The number of phenols is 1. The molecule has 0 spiro atoms.